The van der Waals surface area contributed by atoms with Crippen molar-refractivity contribution >= 4 is 35.4 Å². The molecule has 30 atom stereocenters. The van der Waals surface area contributed by atoms with Gasteiger partial charge in [0.25, 0.3) is 0 Å². The maximum absolute atomic E-state index is 12.1. The van der Waals surface area contributed by atoms with E-state index in [0.29, 0.717) is 33.4 Å². The van der Waals surface area contributed by atoms with Gasteiger partial charge in [-0.25, -0.2) is 39.4 Å². The van der Waals surface area contributed by atoms with Crippen molar-refractivity contribution in [1.82, 2.24) is 31.9 Å². The number of aliphatic hydroxyl groups excluding tert-OH is 24. The van der Waals surface area contributed by atoms with Crippen molar-refractivity contribution in [2.24, 2.45) is 0 Å². The van der Waals surface area contributed by atoms with E-state index in [0.717, 1.165) is 33.4 Å². The van der Waals surface area contributed by atoms with Crippen molar-refractivity contribution in [3.05, 3.63) is 281 Å². The van der Waals surface area contributed by atoms with Gasteiger partial charge in [-0.05, 0) is 33.4 Å². The Balaban J connectivity index is 0.000000266. The van der Waals surface area contributed by atoms with Crippen LogP contribution < -0.4 is 31.9 Å². The molecule has 780 valence electrons. The summed E-state index contributed by atoms with van der Waals surface area (Å²) >= 11 is 0. The zero-order valence-corrected chi connectivity index (χ0v) is 79.5. The number of amides is 6. The molecular formula is C96H120N12O36Tc+7. The second-order valence-corrected chi connectivity index (χ2v) is 33.8. The molecule has 0 spiro atoms. The van der Waals surface area contributed by atoms with Crippen LogP contribution in [0.5, 0.6) is 0 Å². The van der Waals surface area contributed by atoms with Crippen LogP contribution in [0.2, 0.25) is 0 Å². The average molecular weight is 2120 g/mol. The molecular weight excluding hydrogens is 2000 g/mol. The summed E-state index contributed by atoms with van der Waals surface area (Å²) in [6.45, 7) is 39.0. The van der Waals surface area contributed by atoms with Crippen LogP contribution in [0.25, 0.3) is 29.1 Å². The molecule has 12 rings (SSSR count). The minimum atomic E-state index is -1.54. The molecule has 0 aliphatic carbocycles. The van der Waals surface area contributed by atoms with Gasteiger partial charge in [0.15, 0.2) is 37.7 Å². The van der Waals surface area contributed by atoms with Crippen LogP contribution in [-0.2, 0) is 155 Å². The topological polar surface area (TPSA) is 742 Å². The molecule has 6 fully saturated rings. The van der Waals surface area contributed by atoms with Gasteiger partial charge in [0.1, 0.15) is 146 Å². The molecule has 30 unspecified atom stereocenters. The maximum atomic E-state index is 12.1. The Morgan fingerprint density at radius 1 is 0.200 bits per heavy atom. The molecule has 6 aromatic rings. The summed E-state index contributed by atoms with van der Waals surface area (Å²) in [6.07, 6.45) is -33.1. The Labute approximate surface area is 845 Å². The van der Waals surface area contributed by atoms with Crippen LogP contribution in [0.3, 0.4) is 0 Å². The molecule has 6 aliphatic rings. The molecule has 49 heteroatoms. The molecule has 0 bridgehead atoms. The third-order valence-electron chi connectivity index (χ3n) is 23.3. The van der Waals surface area contributed by atoms with E-state index in [-0.39, 0.29) is 97.9 Å². The first kappa shape index (κ1) is 122. The molecule has 6 aromatic carbocycles. The number of nitrogens with zero attached hydrogens (tertiary/aromatic N) is 6. The van der Waals surface area contributed by atoms with Gasteiger partial charge in [-0.2, -0.15) is 0 Å². The van der Waals surface area contributed by atoms with Gasteiger partial charge in [0, 0.05) is 33.4 Å². The van der Waals surface area contributed by atoms with E-state index in [1.54, 1.807) is 146 Å². The number of rotatable bonds is 30. The molecule has 48 nitrogen and oxygen atoms in total. The Bertz CT molecular complexity index is 4440. The van der Waals surface area contributed by atoms with Crippen LogP contribution in [0.15, 0.2) is 146 Å². The molecule has 6 aliphatic heterocycles. The number of carbonyl (C=O) groups excluding carboxylic acids is 6. The SMILES string of the molecule is [C-]#[N+]Cc1ccc(CC(=O)NC2C(O)OC(CO)C(O)C2O)cc1.[C-]#[N+]Cc1ccc(CC(=O)NC2C(O)OC(CO)C(O)C2O)cc1.[C-]#[N+]Cc1ccc(CC(=O)NC2C(O)OC(CO)C(O)C2O)cc1.[C-]#[N+]Cc1ccc(CC(=O)NC2C(O)OC(CO)C(O)C2O)cc1.[C-]#[N+]Cc1ccc(CC(=O)NC2C(O)OC(CO)C(O)C2O)cc1.[C-]#[N+]Cc1ccc(CC(=O)NC2C(O)OC(CO)C(O)C2O)cc1.[Tc+7]. The quantitative estimate of drug-likeness (QED) is 0.0186. The fraction of sp³-hybridized carbons (Fsp3) is 0.500. The first-order chi connectivity index (χ1) is 68.7. The first-order valence-electron chi connectivity index (χ1n) is 44.8. The number of hydrogen-bond donors (Lipinski definition) is 30. The number of ether oxygens (including phenoxy) is 6. The van der Waals surface area contributed by atoms with E-state index in [1.807, 2.05) is 0 Å². The van der Waals surface area contributed by atoms with Gasteiger partial charge in [-0.15, -0.1) is 0 Å². The van der Waals surface area contributed by atoms with Crippen LogP contribution in [0.4, 0.5) is 0 Å². The zero-order chi connectivity index (χ0) is 106. The van der Waals surface area contributed by atoms with Gasteiger partial charge in [0.2, 0.25) is 74.7 Å². The number of carbonyl (C=O) groups is 6. The molecule has 6 heterocycles. The summed E-state index contributed by atoms with van der Waals surface area (Å²) in [6, 6.07) is 34.5. The third kappa shape index (κ3) is 37.2. The van der Waals surface area contributed by atoms with Crippen LogP contribution in [-0.4, -0.2) is 382 Å². The van der Waals surface area contributed by atoms with Crippen molar-refractivity contribution in [3.8, 4) is 0 Å². The van der Waals surface area contributed by atoms with Gasteiger partial charge < -0.3 is 212 Å². The fourth-order valence-corrected chi connectivity index (χ4v) is 15.2. The van der Waals surface area contributed by atoms with Crippen molar-refractivity contribution in [1.29, 1.82) is 0 Å². The summed E-state index contributed by atoms with van der Waals surface area (Å²) in [5.41, 5.74) is 9.30. The Morgan fingerprint density at radius 3 is 0.400 bits per heavy atom. The van der Waals surface area contributed by atoms with Gasteiger partial charge >= 0.3 is 20.1 Å². The number of hydrogen-bond acceptors (Lipinski definition) is 36. The second-order valence-electron chi connectivity index (χ2n) is 33.8. The predicted octanol–water partition coefficient (Wildman–Crippen LogP) is -8.62. The zero-order valence-electron chi connectivity index (χ0n) is 77.6. The maximum Gasteiger partial charge on any atom is 7.00 e. The molecule has 6 saturated heterocycles. The van der Waals surface area contributed by atoms with Crippen molar-refractivity contribution in [2.75, 3.05) is 39.6 Å². The number of benzene rings is 6. The normalized spacial score (nSPS) is 29.5. The summed E-state index contributed by atoms with van der Waals surface area (Å²) in [5.74, 6) is -2.78. The van der Waals surface area contributed by atoms with Crippen LogP contribution >= 0.6 is 0 Å². The molecule has 145 heavy (non-hydrogen) atoms. The summed E-state index contributed by atoms with van der Waals surface area (Å²) in [4.78, 5) is 92.1. The van der Waals surface area contributed by atoms with Crippen LogP contribution in [0.1, 0.15) is 66.8 Å². The Hall–Kier alpha value is -11.5. The first-order valence-corrected chi connectivity index (χ1v) is 44.8. The predicted molar refractivity (Wildman–Crippen MR) is 494 cm³/mol. The van der Waals surface area contributed by atoms with E-state index < -0.39 is 259 Å². The molecule has 0 aromatic heterocycles. The van der Waals surface area contributed by atoms with Gasteiger partial charge in [0.05, 0.1) is 78.2 Å². The fourth-order valence-electron chi connectivity index (χ4n) is 15.2. The van der Waals surface area contributed by atoms with E-state index in [2.05, 4.69) is 61.0 Å². The molecule has 0 saturated carbocycles. The second kappa shape index (κ2) is 61.9. The standard InChI is InChI=1S/6C16H20N2O6.Tc/c6*1-17-7-10-4-2-9(3-5-10)6-12(20)18-13-15(22)14(21)11(8-19)24-16(13)23;/h6*2-5,11,13-16,19,21-23H,6-8H2,(H,18,20);/q;;;;;;+7. The van der Waals surface area contributed by atoms with E-state index >= 15 is 0 Å². The van der Waals surface area contributed by atoms with Gasteiger partial charge in [-0.3, -0.25) is 28.8 Å². The Morgan fingerprint density at radius 2 is 0.303 bits per heavy atom. The average Bonchev–Trinajstić information content (AvgIpc) is 0.830. The van der Waals surface area contributed by atoms with Gasteiger partial charge in [-0.1, -0.05) is 146 Å². The minimum Gasteiger partial charge on any atom is -0.394 e. The molecule has 6 amide bonds. The monoisotopic (exact) mass is 2110 g/mol. The van der Waals surface area contributed by atoms with E-state index in [4.69, 9.17) is 98.5 Å². The molecule has 30 N–H and O–H groups in total. The third-order valence-corrected chi connectivity index (χ3v) is 23.3. The van der Waals surface area contributed by atoms with Crippen LogP contribution in [0, 0.1) is 39.4 Å². The van der Waals surface area contributed by atoms with E-state index in [9.17, 15) is 121 Å². The minimum absolute atomic E-state index is 0. The summed E-state index contributed by atoms with van der Waals surface area (Å²) in [5, 5.41) is 246. The molecule has 0 radical (unpaired) electrons. The van der Waals surface area contributed by atoms with Crippen molar-refractivity contribution in [2.45, 2.75) is 262 Å². The van der Waals surface area contributed by atoms with Crippen molar-refractivity contribution < 1.29 is 200 Å². The summed E-state index contributed by atoms with van der Waals surface area (Å²) < 4.78 is 29.9. The Kier molecular flexibility index (Phi) is 52.1. The largest absolute Gasteiger partial charge is 7.00 e. The number of aliphatic hydroxyl groups is 24. The van der Waals surface area contributed by atoms with E-state index in [1.165, 1.54) is 0 Å². The smallest absolute Gasteiger partial charge is 0.394 e. The number of nitrogens with one attached hydrogen (secondary N) is 6. The summed E-state index contributed by atoms with van der Waals surface area (Å²) in [7, 11) is 0. The van der Waals surface area contributed by atoms with Crippen molar-refractivity contribution in [3.63, 3.8) is 0 Å².